The van der Waals surface area contributed by atoms with Crippen LogP contribution in [0.25, 0.3) is 0 Å². The smallest absolute Gasteiger partial charge is 0.162 e. The lowest BCUT2D eigenvalue weighted by Crippen LogP contribution is -2.35. The van der Waals surface area contributed by atoms with Crippen molar-refractivity contribution in [3.8, 4) is 0 Å². The van der Waals surface area contributed by atoms with Crippen molar-refractivity contribution in [3.05, 3.63) is 67.4 Å². The highest BCUT2D eigenvalue weighted by molar-refractivity contribution is 5.84. The molecule has 0 radical (unpaired) electrons. The maximum atomic E-state index is 4.50. The molecule has 5 heteroatoms. The first-order valence-electron chi connectivity index (χ1n) is 7.20. The predicted octanol–water partition coefficient (Wildman–Crippen LogP) is 3.51. The molecule has 2 aromatic heterocycles. The molecule has 0 amide bonds. The third-order valence-electron chi connectivity index (χ3n) is 3.88. The Labute approximate surface area is 128 Å². The lowest BCUT2D eigenvalue weighted by atomic mass is 10.2. The standard InChI is InChI=1S/C17H15N5/c1-13-21(14-5-3-2-4-6-14)16-11-19-12-20-17(16)22(13)15-7-9-18-10-8-15/h2-13H,1H3. The topological polar surface area (TPSA) is 45.2 Å². The number of benzene rings is 1. The van der Waals surface area contributed by atoms with E-state index in [4.69, 9.17) is 0 Å². The van der Waals surface area contributed by atoms with Crippen molar-refractivity contribution >= 4 is 22.9 Å². The Morgan fingerprint density at radius 1 is 0.864 bits per heavy atom. The lowest BCUT2D eigenvalue weighted by Gasteiger charge is -2.29. The highest BCUT2D eigenvalue weighted by atomic mass is 15.4. The average molecular weight is 289 g/mol. The summed E-state index contributed by atoms with van der Waals surface area (Å²) in [7, 11) is 0. The molecule has 0 spiro atoms. The predicted molar refractivity (Wildman–Crippen MR) is 86.5 cm³/mol. The minimum absolute atomic E-state index is 0.108. The van der Waals surface area contributed by atoms with Crippen LogP contribution >= 0.6 is 0 Å². The van der Waals surface area contributed by atoms with E-state index in [0.29, 0.717) is 0 Å². The Morgan fingerprint density at radius 2 is 1.59 bits per heavy atom. The zero-order valence-corrected chi connectivity index (χ0v) is 12.2. The number of nitrogens with zero attached hydrogens (tertiary/aromatic N) is 5. The van der Waals surface area contributed by atoms with E-state index in [1.54, 1.807) is 18.7 Å². The molecule has 1 aliphatic heterocycles. The summed E-state index contributed by atoms with van der Waals surface area (Å²) in [6.07, 6.45) is 7.17. The number of rotatable bonds is 2. The second kappa shape index (κ2) is 5.11. The van der Waals surface area contributed by atoms with Crippen molar-refractivity contribution in [2.45, 2.75) is 13.1 Å². The summed E-state index contributed by atoms with van der Waals surface area (Å²) in [5.74, 6) is 0.914. The molecule has 1 unspecified atom stereocenters. The zero-order chi connectivity index (χ0) is 14.9. The van der Waals surface area contributed by atoms with Gasteiger partial charge in [0, 0.05) is 23.8 Å². The summed E-state index contributed by atoms with van der Waals surface area (Å²) in [5, 5.41) is 0. The summed E-state index contributed by atoms with van der Waals surface area (Å²) in [6.45, 7) is 2.16. The second-order valence-electron chi connectivity index (χ2n) is 5.14. The van der Waals surface area contributed by atoms with Gasteiger partial charge in [0.15, 0.2) is 5.82 Å². The van der Waals surface area contributed by atoms with Gasteiger partial charge in [-0.2, -0.15) is 0 Å². The average Bonchev–Trinajstić information content (AvgIpc) is 2.88. The fraction of sp³-hybridized carbons (Fsp3) is 0.118. The zero-order valence-electron chi connectivity index (χ0n) is 12.2. The van der Waals surface area contributed by atoms with Gasteiger partial charge in [-0.3, -0.25) is 4.98 Å². The van der Waals surface area contributed by atoms with E-state index in [0.717, 1.165) is 22.9 Å². The SMILES string of the molecule is CC1N(c2ccccc2)c2cncnc2N1c1ccncc1. The van der Waals surface area contributed by atoms with Gasteiger partial charge in [0.1, 0.15) is 18.2 Å². The number of hydrogen-bond donors (Lipinski definition) is 0. The van der Waals surface area contributed by atoms with Gasteiger partial charge in [-0.05, 0) is 31.2 Å². The van der Waals surface area contributed by atoms with Crippen LogP contribution in [0.3, 0.4) is 0 Å². The number of para-hydroxylation sites is 1. The van der Waals surface area contributed by atoms with Crippen LogP contribution in [0.5, 0.6) is 0 Å². The van der Waals surface area contributed by atoms with Crippen LogP contribution in [0.4, 0.5) is 22.9 Å². The van der Waals surface area contributed by atoms with E-state index >= 15 is 0 Å². The maximum Gasteiger partial charge on any atom is 0.162 e. The molecule has 1 aromatic carbocycles. The Balaban J connectivity index is 1.87. The Hall–Kier alpha value is -2.95. The van der Waals surface area contributed by atoms with Crippen molar-refractivity contribution in [3.63, 3.8) is 0 Å². The fourth-order valence-corrected chi connectivity index (χ4v) is 2.95. The molecule has 22 heavy (non-hydrogen) atoms. The molecular weight excluding hydrogens is 274 g/mol. The molecule has 1 atom stereocenters. The molecule has 0 fully saturated rings. The molecule has 0 saturated heterocycles. The molecule has 4 rings (SSSR count). The van der Waals surface area contributed by atoms with Crippen LogP contribution in [0.1, 0.15) is 6.92 Å². The van der Waals surface area contributed by atoms with Crippen LogP contribution in [-0.2, 0) is 0 Å². The van der Waals surface area contributed by atoms with Gasteiger partial charge in [-0.15, -0.1) is 0 Å². The van der Waals surface area contributed by atoms with E-state index in [-0.39, 0.29) is 6.17 Å². The van der Waals surface area contributed by atoms with Crippen LogP contribution < -0.4 is 9.80 Å². The van der Waals surface area contributed by atoms with E-state index in [9.17, 15) is 0 Å². The molecule has 1 aliphatic rings. The normalized spacial score (nSPS) is 16.7. The highest BCUT2D eigenvalue weighted by Crippen LogP contribution is 2.45. The third-order valence-corrected chi connectivity index (χ3v) is 3.88. The van der Waals surface area contributed by atoms with E-state index in [1.807, 2.05) is 36.5 Å². The molecule has 0 saturated carbocycles. The first kappa shape index (κ1) is 12.8. The van der Waals surface area contributed by atoms with Gasteiger partial charge in [0.05, 0.1) is 6.20 Å². The van der Waals surface area contributed by atoms with E-state index < -0.39 is 0 Å². The first-order chi connectivity index (χ1) is 10.9. The van der Waals surface area contributed by atoms with Crippen molar-refractivity contribution in [1.29, 1.82) is 0 Å². The first-order valence-corrected chi connectivity index (χ1v) is 7.20. The number of hydrogen-bond acceptors (Lipinski definition) is 5. The van der Waals surface area contributed by atoms with Crippen molar-refractivity contribution < 1.29 is 0 Å². The van der Waals surface area contributed by atoms with Crippen LogP contribution in [-0.4, -0.2) is 21.1 Å². The summed E-state index contributed by atoms with van der Waals surface area (Å²) in [4.78, 5) is 17.2. The van der Waals surface area contributed by atoms with Crippen LogP contribution in [0, 0.1) is 0 Å². The second-order valence-corrected chi connectivity index (χ2v) is 5.14. The van der Waals surface area contributed by atoms with Crippen molar-refractivity contribution in [1.82, 2.24) is 15.0 Å². The maximum absolute atomic E-state index is 4.50. The fourth-order valence-electron chi connectivity index (χ4n) is 2.95. The minimum Gasteiger partial charge on any atom is -0.316 e. The van der Waals surface area contributed by atoms with Gasteiger partial charge in [0.2, 0.25) is 0 Å². The Bertz CT molecular complexity index is 709. The molecule has 108 valence electrons. The molecule has 5 nitrogen and oxygen atoms in total. The molecule has 0 aliphatic carbocycles. The molecule has 3 aromatic rings. The monoisotopic (exact) mass is 289 g/mol. The van der Waals surface area contributed by atoms with E-state index in [1.165, 1.54) is 0 Å². The summed E-state index contributed by atoms with van der Waals surface area (Å²) in [6, 6.07) is 14.3. The number of anilines is 4. The third kappa shape index (κ3) is 1.90. The Kier molecular flexibility index (Phi) is 2.96. The summed E-state index contributed by atoms with van der Waals surface area (Å²) >= 11 is 0. The molecule has 3 heterocycles. The quantitative estimate of drug-likeness (QED) is 0.722. The van der Waals surface area contributed by atoms with Gasteiger partial charge < -0.3 is 9.80 Å². The number of aromatic nitrogens is 3. The summed E-state index contributed by atoms with van der Waals surface area (Å²) < 4.78 is 0. The number of pyridine rings is 1. The largest absolute Gasteiger partial charge is 0.316 e. The Morgan fingerprint density at radius 3 is 2.36 bits per heavy atom. The lowest BCUT2D eigenvalue weighted by molar-refractivity contribution is 0.757. The van der Waals surface area contributed by atoms with Gasteiger partial charge >= 0.3 is 0 Å². The van der Waals surface area contributed by atoms with Crippen LogP contribution in [0.2, 0.25) is 0 Å². The van der Waals surface area contributed by atoms with Crippen LogP contribution in [0.15, 0.2) is 67.4 Å². The summed E-state index contributed by atoms with van der Waals surface area (Å²) in [5.41, 5.74) is 3.21. The van der Waals surface area contributed by atoms with Gasteiger partial charge in [0.25, 0.3) is 0 Å². The molecule has 0 N–H and O–H groups in total. The van der Waals surface area contributed by atoms with Gasteiger partial charge in [-0.1, -0.05) is 18.2 Å². The molecular formula is C17H15N5. The van der Waals surface area contributed by atoms with E-state index in [2.05, 4.69) is 43.8 Å². The minimum atomic E-state index is 0.108. The van der Waals surface area contributed by atoms with Crippen molar-refractivity contribution in [2.24, 2.45) is 0 Å². The van der Waals surface area contributed by atoms with Crippen molar-refractivity contribution in [2.75, 3.05) is 9.80 Å². The number of fused-ring (bicyclic) bond motifs is 1. The highest BCUT2D eigenvalue weighted by Gasteiger charge is 2.36. The molecule has 0 bridgehead atoms. The van der Waals surface area contributed by atoms with Gasteiger partial charge in [-0.25, -0.2) is 9.97 Å².